The lowest BCUT2D eigenvalue weighted by molar-refractivity contribution is 0.0695. The Morgan fingerprint density at radius 2 is 2.25 bits per heavy atom. The number of nitrogens with zero attached hydrogens (tertiary/aromatic N) is 1. The van der Waals surface area contributed by atoms with Gasteiger partial charge in [-0.3, -0.25) is 0 Å². The van der Waals surface area contributed by atoms with E-state index >= 15 is 0 Å². The summed E-state index contributed by atoms with van der Waals surface area (Å²) in [6, 6.07) is 2.61. The van der Waals surface area contributed by atoms with Crippen LogP contribution in [0.4, 0.5) is 10.1 Å². The normalized spacial score (nSPS) is 12.2. The van der Waals surface area contributed by atoms with Gasteiger partial charge in [0.15, 0.2) is 5.82 Å². The molecule has 1 aromatic heterocycles. The second-order valence-corrected chi connectivity index (χ2v) is 5.97. The fourth-order valence-corrected chi connectivity index (χ4v) is 3.01. The highest BCUT2D eigenvalue weighted by atomic mass is 79.9. The molecule has 1 aromatic carbocycles. The van der Waals surface area contributed by atoms with Gasteiger partial charge < -0.3 is 10.4 Å². The van der Waals surface area contributed by atoms with Gasteiger partial charge in [0, 0.05) is 11.1 Å². The maximum atomic E-state index is 14.1. The number of carboxylic acids is 1. The SMILES string of the molecule is Cc1csc(C(C)Nc2ccc(C(=O)O)c(Br)c2F)n1. The Bertz CT molecular complexity index is 660. The summed E-state index contributed by atoms with van der Waals surface area (Å²) in [4.78, 5) is 15.2. The fraction of sp³-hybridized carbons (Fsp3) is 0.231. The lowest BCUT2D eigenvalue weighted by Crippen LogP contribution is -2.09. The van der Waals surface area contributed by atoms with Crippen LogP contribution in [0.1, 0.15) is 34.0 Å². The van der Waals surface area contributed by atoms with E-state index < -0.39 is 11.8 Å². The second kappa shape index (κ2) is 5.88. The average molecular weight is 359 g/mol. The topological polar surface area (TPSA) is 62.2 Å². The monoisotopic (exact) mass is 358 g/mol. The molecular formula is C13H12BrFN2O2S. The van der Waals surface area contributed by atoms with Crippen LogP contribution in [0, 0.1) is 12.7 Å². The molecule has 0 aliphatic rings. The van der Waals surface area contributed by atoms with Crippen LogP contribution in [-0.4, -0.2) is 16.1 Å². The van der Waals surface area contributed by atoms with Gasteiger partial charge in [0.2, 0.25) is 0 Å². The van der Waals surface area contributed by atoms with Crippen molar-refractivity contribution in [3.63, 3.8) is 0 Å². The first kappa shape index (κ1) is 14.9. The Kier molecular flexibility index (Phi) is 4.39. The summed E-state index contributed by atoms with van der Waals surface area (Å²) in [6.07, 6.45) is 0. The number of aryl methyl sites for hydroxylation is 1. The Hall–Kier alpha value is -1.47. The average Bonchev–Trinajstić information content (AvgIpc) is 2.81. The van der Waals surface area contributed by atoms with E-state index in [1.165, 1.54) is 23.5 Å². The standard InChI is InChI=1S/C13H12BrFN2O2S/c1-6-5-20-12(16-6)7(2)17-9-4-3-8(13(18)19)10(14)11(9)15/h3-5,7,17H,1-2H3,(H,18,19). The van der Waals surface area contributed by atoms with Crippen LogP contribution in [0.15, 0.2) is 22.0 Å². The van der Waals surface area contributed by atoms with Gasteiger partial charge in [-0.05, 0) is 41.9 Å². The van der Waals surface area contributed by atoms with E-state index in [1.54, 1.807) is 0 Å². The predicted octanol–water partition coefficient (Wildman–Crippen LogP) is 4.22. The molecule has 1 unspecified atom stereocenters. The number of hydrogen-bond donors (Lipinski definition) is 2. The summed E-state index contributed by atoms with van der Waals surface area (Å²) in [5, 5.41) is 14.7. The summed E-state index contributed by atoms with van der Waals surface area (Å²) in [5.41, 5.74) is 1.05. The summed E-state index contributed by atoms with van der Waals surface area (Å²) in [7, 11) is 0. The van der Waals surface area contributed by atoms with Gasteiger partial charge in [-0.1, -0.05) is 0 Å². The van der Waals surface area contributed by atoms with E-state index in [1.807, 2.05) is 19.2 Å². The minimum absolute atomic E-state index is 0.0579. The summed E-state index contributed by atoms with van der Waals surface area (Å²) in [6.45, 7) is 3.77. The maximum absolute atomic E-state index is 14.1. The van der Waals surface area contributed by atoms with Crippen LogP contribution in [0.3, 0.4) is 0 Å². The zero-order chi connectivity index (χ0) is 14.9. The molecule has 1 atom stereocenters. The Morgan fingerprint density at radius 3 is 2.80 bits per heavy atom. The van der Waals surface area contributed by atoms with Crippen LogP contribution in [0.25, 0.3) is 0 Å². The molecule has 0 amide bonds. The highest BCUT2D eigenvalue weighted by molar-refractivity contribution is 9.10. The maximum Gasteiger partial charge on any atom is 0.336 e. The highest BCUT2D eigenvalue weighted by Crippen LogP contribution is 2.30. The Labute approximate surface area is 127 Å². The van der Waals surface area contributed by atoms with Crippen molar-refractivity contribution in [3.8, 4) is 0 Å². The number of thiazole rings is 1. The lowest BCUT2D eigenvalue weighted by atomic mass is 10.2. The van der Waals surface area contributed by atoms with Gasteiger partial charge in [0.1, 0.15) is 5.01 Å². The molecule has 2 N–H and O–H groups in total. The third-order valence-corrected chi connectivity index (χ3v) is 4.61. The minimum Gasteiger partial charge on any atom is -0.478 e. The van der Waals surface area contributed by atoms with Crippen molar-refractivity contribution in [3.05, 3.63) is 44.1 Å². The number of halogens is 2. The Morgan fingerprint density at radius 1 is 1.55 bits per heavy atom. The number of benzene rings is 1. The van der Waals surface area contributed by atoms with Gasteiger partial charge in [0.05, 0.1) is 21.8 Å². The lowest BCUT2D eigenvalue weighted by Gasteiger charge is -2.14. The molecule has 2 aromatic rings. The number of aromatic nitrogens is 1. The van der Waals surface area contributed by atoms with Crippen LogP contribution in [0.5, 0.6) is 0 Å². The zero-order valence-corrected chi connectivity index (χ0v) is 13.2. The fourth-order valence-electron chi connectivity index (χ4n) is 1.69. The van der Waals surface area contributed by atoms with Gasteiger partial charge >= 0.3 is 5.97 Å². The Balaban J connectivity index is 2.26. The molecular weight excluding hydrogens is 347 g/mol. The van der Waals surface area contributed by atoms with Gasteiger partial charge in [-0.2, -0.15) is 0 Å². The van der Waals surface area contributed by atoms with Crippen molar-refractivity contribution in [1.82, 2.24) is 4.98 Å². The molecule has 106 valence electrons. The molecule has 0 aliphatic heterocycles. The third kappa shape index (κ3) is 2.99. The summed E-state index contributed by atoms with van der Waals surface area (Å²) < 4.78 is 14.1. The van der Waals surface area contributed by atoms with Crippen molar-refractivity contribution >= 4 is 38.9 Å². The molecule has 0 aliphatic carbocycles. The molecule has 0 bridgehead atoms. The molecule has 2 rings (SSSR count). The number of carboxylic acid groups (broad SMARTS) is 1. The van der Waals surface area contributed by atoms with E-state index in [0.29, 0.717) is 0 Å². The number of aromatic carboxylic acids is 1. The van der Waals surface area contributed by atoms with E-state index in [0.717, 1.165) is 10.7 Å². The molecule has 20 heavy (non-hydrogen) atoms. The number of anilines is 1. The first-order chi connectivity index (χ1) is 9.40. The van der Waals surface area contributed by atoms with E-state index in [2.05, 4.69) is 26.2 Å². The minimum atomic E-state index is -1.18. The molecule has 0 saturated heterocycles. The van der Waals surface area contributed by atoms with Crippen LogP contribution >= 0.6 is 27.3 Å². The van der Waals surface area contributed by atoms with Crippen molar-refractivity contribution in [2.24, 2.45) is 0 Å². The van der Waals surface area contributed by atoms with E-state index in [-0.39, 0.29) is 21.8 Å². The molecule has 7 heteroatoms. The quantitative estimate of drug-likeness (QED) is 0.858. The number of carbonyl (C=O) groups is 1. The smallest absolute Gasteiger partial charge is 0.336 e. The van der Waals surface area contributed by atoms with Crippen molar-refractivity contribution < 1.29 is 14.3 Å². The molecule has 0 radical (unpaired) electrons. The van der Waals surface area contributed by atoms with Crippen molar-refractivity contribution in [2.45, 2.75) is 19.9 Å². The van der Waals surface area contributed by atoms with Crippen molar-refractivity contribution in [1.29, 1.82) is 0 Å². The first-order valence-electron chi connectivity index (χ1n) is 5.80. The highest BCUT2D eigenvalue weighted by Gasteiger charge is 2.18. The molecule has 1 heterocycles. The van der Waals surface area contributed by atoms with Crippen LogP contribution in [0.2, 0.25) is 0 Å². The van der Waals surface area contributed by atoms with Gasteiger partial charge in [0.25, 0.3) is 0 Å². The van der Waals surface area contributed by atoms with Gasteiger partial charge in [-0.25, -0.2) is 14.2 Å². The molecule has 0 fully saturated rings. The molecule has 0 spiro atoms. The predicted molar refractivity (Wildman–Crippen MR) is 79.9 cm³/mol. The number of rotatable bonds is 4. The van der Waals surface area contributed by atoms with Crippen LogP contribution < -0.4 is 5.32 Å². The molecule has 4 nitrogen and oxygen atoms in total. The second-order valence-electron chi connectivity index (χ2n) is 4.29. The van der Waals surface area contributed by atoms with Gasteiger partial charge in [-0.15, -0.1) is 11.3 Å². The van der Waals surface area contributed by atoms with E-state index in [4.69, 9.17) is 5.11 Å². The zero-order valence-electron chi connectivity index (χ0n) is 10.8. The van der Waals surface area contributed by atoms with E-state index in [9.17, 15) is 9.18 Å². The molecule has 0 saturated carbocycles. The van der Waals surface area contributed by atoms with Crippen LogP contribution in [-0.2, 0) is 0 Å². The third-order valence-electron chi connectivity index (χ3n) is 2.69. The summed E-state index contributed by atoms with van der Waals surface area (Å²) in [5.74, 6) is -1.80. The number of nitrogens with one attached hydrogen (secondary N) is 1. The summed E-state index contributed by atoms with van der Waals surface area (Å²) >= 11 is 4.47. The number of hydrogen-bond acceptors (Lipinski definition) is 4. The van der Waals surface area contributed by atoms with Crippen molar-refractivity contribution in [2.75, 3.05) is 5.32 Å². The first-order valence-corrected chi connectivity index (χ1v) is 7.47. The largest absolute Gasteiger partial charge is 0.478 e.